The van der Waals surface area contributed by atoms with Gasteiger partial charge in [-0.1, -0.05) is 27.7 Å². The summed E-state index contributed by atoms with van der Waals surface area (Å²) in [5, 5.41) is 3.83. The van der Waals surface area contributed by atoms with Crippen LogP contribution in [0.15, 0.2) is 0 Å². The molecule has 0 spiro atoms. The highest BCUT2D eigenvalue weighted by Gasteiger charge is 2.32. The lowest BCUT2D eigenvalue weighted by atomic mass is 9.74. The average Bonchev–Trinajstić information content (AvgIpc) is 2.46. The van der Waals surface area contributed by atoms with Gasteiger partial charge in [-0.25, -0.2) is 0 Å². The standard InChI is InChI=1S/C20H35N/c1-10-12-21-19(20(8,9)11-2)18-16(6)14(4)13(3)15(5)17(18)7/h19,21H,10-12H2,1-9H3. The largest absolute Gasteiger partial charge is 0.309 e. The van der Waals surface area contributed by atoms with E-state index in [1.165, 1.54) is 46.2 Å². The van der Waals surface area contributed by atoms with Crippen molar-refractivity contribution in [1.82, 2.24) is 5.32 Å². The minimum absolute atomic E-state index is 0.263. The Labute approximate surface area is 132 Å². The van der Waals surface area contributed by atoms with Crippen molar-refractivity contribution in [3.8, 4) is 0 Å². The molecule has 120 valence electrons. The molecule has 1 atom stereocenters. The van der Waals surface area contributed by atoms with Crippen LogP contribution in [0.1, 0.15) is 80.0 Å². The van der Waals surface area contributed by atoms with Crippen molar-refractivity contribution in [2.75, 3.05) is 6.54 Å². The molecule has 0 saturated heterocycles. The van der Waals surface area contributed by atoms with E-state index in [0.717, 1.165) is 6.54 Å². The third kappa shape index (κ3) is 3.51. The Morgan fingerprint density at radius 2 is 1.24 bits per heavy atom. The second-order valence-electron chi connectivity index (χ2n) is 7.27. The molecule has 1 N–H and O–H groups in total. The van der Waals surface area contributed by atoms with Crippen molar-refractivity contribution in [3.63, 3.8) is 0 Å². The van der Waals surface area contributed by atoms with Crippen LogP contribution in [0.25, 0.3) is 0 Å². The number of hydrogen-bond acceptors (Lipinski definition) is 1. The van der Waals surface area contributed by atoms with Gasteiger partial charge >= 0.3 is 0 Å². The second-order valence-corrected chi connectivity index (χ2v) is 7.27. The number of benzene rings is 1. The van der Waals surface area contributed by atoms with Gasteiger partial charge < -0.3 is 5.32 Å². The molecule has 0 saturated carbocycles. The SMILES string of the molecule is CCCNC(c1c(C)c(C)c(C)c(C)c1C)C(C)(C)CC. The topological polar surface area (TPSA) is 12.0 Å². The fraction of sp³-hybridized carbons (Fsp3) is 0.700. The Hall–Kier alpha value is -0.820. The first kappa shape index (κ1) is 18.2. The number of rotatable bonds is 6. The van der Waals surface area contributed by atoms with Gasteiger partial charge in [0, 0.05) is 6.04 Å². The first-order valence-corrected chi connectivity index (χ1v) is 8.49. The lowest BCUT2D eigenvalue weighted by Crippen LogP contribution is -2.36. The first-order chi connectivity index (χ1) is 9.68. The summed E-state index contributed by atoms with van der Waals surface area (Å²) in [7, 11) is 0. The molecule has 0 aromatic heterocycles. The van der Waals surface area contributed by atoms with Crippen LogP contribution < -0.4 is 5.32 Å². The summed E-state index contributed by atoms with van der Waals surface area (Å²) in [6.45, 7) is 21.8. The molecular formula is C20H35N. The summed E-state index contributed by atoms with van der Waals surface area (Å²) in [5.41, 5.74) is 9.13. The minimum atomic E-state index is 0.263. The van der Waals surface area contributed by atoms with Crippen LogP contribution >= 0.6 is 0 Å². The van der Waals surface area contributed by atoms with E-state index in [9.17, 15) is 0 Å². The molecule has 0 aliphatic rings. The van der Waals surface area contributed by atoms with Gasteiger partial charge in [-0.3, -0.25) is 0 Å². The summed E-state index contributed by atoms with van der Waals surface area (Å²) in [5.74, 6) is 0. The van der Waals surface area contributed by atoms with Crippen LogP contribution in [0.4, 0.5) is 0 Å². The Morgan fingerprint density at radius 3 is 1.62 bits per heavy atom. The van der Waals surface area contributed by atoms with Crippen LogP contribution in [0, 0.1) is 40.0 Å². The molecule has 1 heteroatoms. The maximum Gasteiger partial charge on any atom is 0.0377 e. The van der Waals surface area contributed by atoms with Gasteiger partial charge in [-0.15, -0.1) is 0 Å². The van der Waals surface area contributed by atoms with Crippen molar-refractivity contribution in [1.29, 1.82) is 0 Å². The molecule has 1 rings (SSSR count). The summed E-state index contributed by atoms with van der Waals surface area (Å²) in [6, 6.07) is 0.431. The predicted octanol–water partition coefficient (Wildman–Crippen LogP) is 5.71. The zero-order valence-corrected chi connectivity index (χ0v) is 15.7. The Bertz CT molecular complexity index is 468. The molecule has 0 bridgehead atoms. The fourth-order valence-corrected chi connectivity index (χ4v) is 3.22. The van der Waals surface area contributed by atoms with Gasteiger partial charge in [-0.05, 0) is 92.8 Å². The quantitative estimate of drug-likeness (QED) is 0.707. The molecule has 0 heterocycles. The van der Waals surface area contributed by atoms with E-state index in [2.05, 4.69) is 67.6 Å². The molecule has 1 unspecified atom stereocenters. The normalized spacial score (nSPS) is 13.6. The van der Waals surface area contributed by atoms with E-state index in [0.29, 0.717) is 6.04 Å². The molecule has 0 fully saturated rings. The fourth-order valence-electron chi connectivity index (χ4n) is 3.22. The van der Waals surface area contributed by atoms with Crippen LogP contribution in [-0.2, 0) is 0 Å². The predicted molar refractivity (Wildman–Crippen MR) is 95.2 cm³/mol. The molecule has 1 aromatic rings. The van der Waals surface area contributed by atoms with Crippen molar-refractivity contribution in [2.45, 2.75) is 81.2 Å². The lowest BCUT2D eigenvalue weighted by molar-refractivity contribution is 0.233. The van der Waals surface area contributed by atoms with E-state index in [1.807, 2.05) is 0 Å². The van der Waals surface area contributed by atoms with Gasteiger partial charge in [0.1, 0.15) is 0 Å². The monoisotopic (exact) mass is 289 g/mol. The highest BCUT2D eigenvalue weighted by molar-refractivity contribution is 5.51. The molecule has 0 aliphatic carbocycles. The third-order valence-corrected chi connectivity index (χ3v) is 5.64. The van der Waals surface area contributed by atoms with E-state index in [4.69, 9.17) is 0 Å². The van der Waals surface area contributed by atoms with Crippen molar-refractivity contribution in [2.24, 2.45) is 5.41 Å². The van der Waals surface area contributed by atoms with Crippen molar-refractivity contribution >= 4 is 0 Å². The van der Waals surface area contributed by atoms with Crippen LogP contribution in [0.2, 0.25) is 0 Å². The summed E-state index contributed by atoms with van der Waals surface area (Å²) < 4.78 is 0. The van der Waals surface area contributed by atoms with Gasteiger partial charge in [0.25, 0.3) is 0 Å². The molecule has 0 aliphatic heterocycles. The summed E-state index contributed by atoms with van der Waals surface area (Å²) in [6.07, 6.45) is 2.36. The van der Waals surface area contributed by atoms with Gasteiger partial charge in [0.2, 0.25) is 0 Å². The Balaban J connectivity index is 3.51. The average molecular weight is 290 g/mol. The van der Waals surface area contributed by atoms with Gasteiger partial charge in [0.05, 0.1) is 0 Å². The maximum atomic E-state index is 3.83. The van der Waals surface area contributed by atoms with Crippen molar-refractivity contribution in [3.05, 3.63) is 33.4 Å². The van der Waals surface area contributed by atoms with E-state index in [-0.39, 0.29) is 5.41 Å². The zero-order valence-electron chi connectivity index (χ0n) is 15.7. The number of nitrogens with one attached hydrogen (secondary N) is 1. The minimum Gasteiger partial charge on any atom is -0.309 e. The van der Waals surface area contributed by atoms with E-state index >= 15 is 0 Å². The number of hydrogen-bond donors (Lipinski definition) is 1. The van der Waals surface area contributed by atoms with E-state index in [1.54, 1.807) is 0 Å². The maximum absolute atomic E-state index is 3.83. The zero-order chi connectivity index (χ0) is 16.4. The molecule has 0 radical (unpaired) electrons. The van der Waals surface area contributed by atoms with Gasteiger partial charge in [-0.2, -0.15) is 0 Å². The highest BCUT2D eigenvalue weighted by Crippen LogP contribution is 2.41. The third-order valence-electron chi connectivity index (χ3n) is 5.64. The highest BCUT2D eigenvalue weighted by atomic mass is 14.9. The molecule has 1 nitrogen and oxygen atoms in total. The summed E-state index contributed by atoms with van der Waals surface area (Å²) >= 11 is 0. The lowest BCUT2D eigenvalue weighted by Gasteiger charge is -2.38. The Morgan fingerprint density at radius 1 is 0.810 bits per heavy atom. The summed E-state index contributed by atoms with van der Waals surface area (Å²) in [4.78, 5) is 0. The van der Waals surface area contributed by atoms with Gasteiger partial charge in [0.15, 0.2) is 0 Å². The first-order valence-electron chi connectivity index (χ1n) is 8.49. The molecule has 0 amide bonds. The van der Waals surface area contributed by atoms with Crippen molar-refractivity contribution < 1.29 is 0 Å². The smallest absolute Gasteiger partial charge is 0.0377 e. The van der Waals surface area contributed by atoms with Crippen LogP contribution in [-0.4, -0.2) is 6.54 Å². The molecular weight excluding hydrogens is 254 g/mol. The molecule has 1 aromatic carbocycles. The second kappa shape index (κ2) is 6.96. The van der Waals surface area contributed by atoms with E-state index < -0.39 is 0 Å². The van der Waals surface area contributed by atoms with Crippen LogP contribution in [0.5, 0.6) is 0 Å². The van der Waals surface area contributed by atoms with Crippen LogP contribution in [0.3, 0.4) is 0 Å². The Kier molecular flexibility index (Phi) is 6.04. The molecule has 21 heavy (non-hydrogen) atoms.